The van der Waals surface area contributed by atoms with Crippen LogP contribution in [0.1, 0.15) is 27.0 Å². The Balaban J connectivity index is 1.64. The second kappa shape index (κ2) is 9.27. The molecule has 0 spiro atoms. The number of carbonyl (C=O) groups excluding carboxylic acids is 1. The number of ether oxygens (including phenoxy) is 1. The molecule has 0 atom stereocenters. The van der Waals surface area contributed by atoms with Gasteiger partial charge in [0.15, 0.2) is 0 Å². The first-order chi connectivity index (χ1) is 14.0. The van der Waals surface area contributed by atoms with E-state index in [0.717, 1.165) is 5.56 Å². The third kappa shape index (κ3) is 5.49. The number of aryl methyl sites for hydroxylation is 1. The lowest BCUT2D eigenvalue weighted by Gasteiger charge is -2.09. The van der Waals surface area contributed by atoms with Crippen molar-refractivity contribution in [3.05, 3.63) is 105 Å². The maximum atomic E-state index is 12.2. The summed E-state index contributed by atoms with van der Waals surface area (Å²) >= 11 is 0. The number of nitro groups is 1. The van der Waals surface area contributed by atoms with Crippen LogP contribution in [0.5, 0.6) is 5.75 Å². The molecule has 1 N–H and O–H groups in total. The minimum absolute atomic E-state index is 0.153. The Hall–Kier alpha value is -4.00. The van der Waals surface area contributed by atoms with Crippen LogP contribution < -0.4 is 10.2 Å². The number of nitrogens with one attached hydrogen (secondary N) is 1. The molecule has 0 saturated carbocycles. The molecule has 0 aliphatic rings. The number of amides is 1. The predicted molar refractivity (Wildman–Crippen MR) is 110 cm³/mol. The highest BCUT2D eigenvalue weighted by atomic mass is 16.6. The van der Waals surface area contributed by atoms with Crippen molar-refractivity contribution >= 4 is 17.8 Å². The van der Waals surface area contributed by atoms with Crippen molar-refractivity contribution in [1.29, 1.82) is 0 Å². The molecule has 3 aromatic rings. The van der Waals surface area contributed by atoms with Gasteiger partial charge in [-0.1, -0.05) is 48.0 Å². The fraction of sp³-hybridized carbons (Fsp3) is 0.0909. The number of benzene rings is 3. The molecular formula is C22H19N3O4. The quantitative estimate of drug-likeness (QED) is 0.371. The van der Waals surface area contributed by atoms with E-state index in [2.05, 4.69) is 10.5 Å². The van der Waals surface area contributed by atoms with Crippen molar-refractivity contribution < 1.29 is 14.5 Å². The van der Waals surface area contributed by atoms with Gasteiger partial charge < -0.3 is 4.74 Å². The molecule has 0 heterocycles. The largest absolute Gasteiger partial charge is 0.488 e. The molecule has 0 saturated heterocycles. The van der Waals surface area contributed by atoms with Gasteiger partial charge in [-0.2, -0.15) is 5.10 Å². The predicted octanol–water partition coefficient (Wildman–Crippen LogP) is 4.25. The second-order valence-corrected chi connectivity index (χ2v) is 6.32. The van der Waals surface area contributed by atoms with Crippen LogP contribution in [0.2, 0.25) is 0 Å². The number of hydrazone groups is 1. The average molecular weight is 389 g/mol. The lowest BCUT2D eigenvalue weighted by molar-refractivity contribution is -0.384. The van der Waals surface area contributed by atoms with Gasteiger partial charge in [-0.25, -0.2) is 5.43 Å². The Bertz CT molecular complexity index is 1050. The van der Waals surface area contributed by atoms with Gasteiger partial charge in [0.1, 0.15) is 12.4 Å². The maximum Gasteiger partial charge on any atom is 0.271 e. The van der Waals surface area contributed by atoms with E-state index in [1.54, 1.807) is 0 Å². The summed E-state index contributed by atoms with van der Waals surface area (Å²) in [5, 5.41) is 14.8. The van der Waals surface area contributed by atoms with Crippen LogP contribution in [-0.4, -0.2) is 17.0 Å². The van der Waals surface area contributed by atoms with E-state index < -0.39 is 10.8 Å². The van der Waals surface area contributed by atoms with E-state index in [-0.39, 0.29) is 11.3 Å². The van der Waals surface area contributed by atoms with Crippen LogP contribution >= 0.6 is 0 Å². The number of carbonyl (C=O) groups is 1. The van der Waals surface area contributed by atoms with Gasteiger partial charge in [0.05, 0.1) is 11.1 Å². The molecule has 0 bridgehead atoms. The van der Waals surface area contributed by atoms with Gasteiger partial charge in [-0.3, -0.25) is 14.9 Å². The molecule has 0 aromatic heterocycles. The summed E-state index contributed by atoms with van der Waals surface area (Å²) in [5.74, 6) is 0.0874. The van der Waals surface area contributed by atoms with E-state index in [1.807, 2.05) is 55.5 Å². The van der Waals surface area contributed by atoms with Crippen LogP contribution in [0.15, 0.2) is 77.9 Å². The molecule has 0 unspecified atom stereocenters. The maximum absolute atomic E-state index is 12.2. The lowest BCUT2D eigenvalue weighted by Crippen LogP contribution is -2.17. The highest BCUT2D eigenvalue weighted by Crippen LogP contribution is 2.18. The van der Waals surface area contributed by atoms with E-state index in [9.17, 15) is 14.9 Å². The Morgan fingerprint density at radius 3 is 2.62 bits per heavy atom. The van der Waals surface area contributed by atoms with E-state index in [0.29, 0.717) is 17.9 Å². The minimum atomic E-state index is -0.554. The number of hydrogen-bond acceptors (Lipinski definition) is 5. The molecule has 0 fully saturated rings. The number of nitrogens with zero attached hydrogens (tertiary/aromatic N) is 2. The van der Waals surface area contributed by atoms with Crippen molar-refractivity contribution in [2.75, 3.05) is 0 Å². The fourth-order valence-corrected chi connectivity index (χ4v) is 2.55. The molecule has 1 amide bonds. The fourth-order valence-electron chi connectivity index (χ4n) is 2.55. The zero-order valence-electron chi connectivity index (χ0n) is 15.7. The number of rotatable bonds is 7. The van der Waals surface area contributed by atoms with Gasteiger partial charge in [0.2, 0.25) is 0 Å². The highest BCUT2D eigenvalue weighted by Gasteiger charge is 2.10. The number of hydrogen-bond donors (Lipinski definition) is 1. The molecule has 3 aromatic carbocycles. The van der Waals surface area contributed by atoms with Gasteiger partial charge in [0.25, 0.3) is 11.6 Å². The molecule has 146 valence electrons. The van der Waals surface area contributed by atoms with Crippen molar-refractivity contribution in [2.45, 2.75) is 13.5 Å². The zero-order chi connectivity index (χ0) is 20.6. The summed E-state index contributed by atoms with van der Waals surface area (Å²) in [6, 6.07) is 20.8. The summed E-state index contributed by atoms with van der Waals surface area (Å²) in [7, 11) is 0. The number of para-hydroxylation sites is 1. The Morgan fingerprint density at radius 1 is 1.10 bits per heavy atom. The van der Waals surface area contributed by atoms with Crippen LogP contribution in [0.4, 0.5) is 5.69 Å². The SMILES string of the molecule is Cc1ccc(COc2ccccc2/C=N/NC(=O)c2cccc([N+](=O)[O-])c2)cc1. The first-order valence-corrected chi connectivity index (χ1v) is 8.88. The summed E-state index contributed by atoms with van der Waals surface area (Å²) in [4.78, 5) is 22.4. The molecule has 29 heavy (non-hydrogen) atoms. The Labute approximate surface area is 167 Å². The normalized spacial score (nSPS) is 10.7. The van der Waals surface area contributed by atoms with Gasteiger partial charge in [-0.15, -0.1) is 0 Å². The van der Waals surface area contributed by atoms with Gasteiger partial charge >= 0.3 is 0 Å². The molecular weight excluding hydrogens is 370 g/mol. The summed E-state index contributed by atoms with van der Waals surface area (Å²) in [6.45, 7) is 2.43. The third-order valence-corrected chi connectivity index (χ3v) is 4.12. The topological polar surface area (TPSA) is 93.8 Å². The van der Waals surface area contributed by atoms with E-state index in [1.165, 1.54) is 36.0 Å². The van der Waals surface area contributed by atoms with Crippen LogP contribution in [-0.2, 0) is 6.61 Å². The summed E-state index contributed by atoms with van der Waals surface area (Å²) in [6.07, 6.45) is 1.47. The van der Waals surface area contributed by atoms with Crippen LogP contribution in [0, 0.1) is 17.0 Å². The van der Waals surface area contributed by atoms with E-state index in [4.69, 9.17) is 4.74 Å². The number of non-ortho nitro benzene ring substituents is 1. The molecule has 7 nitrogen and oxygen atoms in total. The standard InChI is InChI=1S/C22H19N3O4/c1-16-9-11-17(12-10-16)15-29-21-8-3-2-5-19(21)14-23-24-22(26)18-6-4-7-20(13-18)25(27)28/h2-14H,15H2,1H3,(H,24,26)/b23-14+. The molecule has 0 aliphatic carbocycles. The lowest BCUT2D eigenvalue weighted by atomic mass is 10.1. The second-order valence-electron chi connectivity index (χ2n) is 6.32. The highest BCUT2D eigenvalue weighted by molar-refractivity contribution is 5.95. The monoisotopic (exact) mass is 389 g/mol. The van der Waals surface area contributed by atoms with Gasteiger partial charge in [-0.05, 0) is 30.7 Å². The van der Waals surface area contributed by atoms with E-state index >= 15 is 0 Å². The molecule has 3 rings (SSSR count). The Morgan fingerprint density at radius 2 is 1.86 bits per heavy atom. The van der Waals surface area contributed by atoms with Crippen molar-refractivity contribution in [2.24, 2.45) is 5.10 Å². The van der Waals surface area contributed by atoms with Crippen LogP contribution in [0.3, 0.4) is 0 Å². The zero-order valence-corrected chi connectivity index (χ0v) is 15.7. The first kappa shape index (κ1) is 19.8. The minimum Gasteiger partial charge on any atom is -0.488 e. The number of nitro benzene ring substituents is 1. The van der Waals surface area contributed by atoms with Crippen LogP contribution in [0.25, 0.3) is 0 Å². The summed E-state index contributed by atoms with van der Waals surface area (Å²) < 4.78 is 5.87. The Kier molecular flexibility index (Phi) is 6.32. The van der Waals surface area contributed by atoms with Crippen molar-refractivity contribution in [3.63, 3.8) is 0 Å². The average Bonchev–Trinajstić information content (AvgIpc) is 2.74. The molecule has 7 heteroatoms. The smallest absolute Gasteiger partial charge is 0.271 e. The molecule has 0 aliphatic heterocycles. The van der Waals surface area contributed by atoms with Gasteiger partial charge in [0, 0.05) is 23.3 Å². The third-order valence-electron chi connectivity index (χ3n) is 4.12. The molecule has 0 radical (unpaired) electrons. The van der Waals surface area contributed by atoms with Crippen molar-refractivity contribution in [3.8, 4) is 5.75 Å². The summed E-state index contributed by atoms with van der Waals surface area (Å²) in [5.41, 5.74) is 5.29. The van der Waals surface area contributed by atoms with Crippen molar-refractivity contribution in [1.82, 2.24) is 5.43 Å². The first-order valence-electron chi connectivity index (χ1n) is 8.88.